The second-order valence-corrected chi connectivity index (χ2v) is 6.91. The van der Waals surface area contributed by atoms with Gasteiger partial charge in [-0.2, -0.15) is 0 Å². The molecule has 0 aromatic heterocycles. The molecule has 1 aromatic carbocycles. The van der Waals surface area contributed by atoms with Crippen LogP contribution in [0.25, 0.3) is 0 Å². The van der Waals surface area contributed by atoms with Gasteiger partial charge in [-0.05, 0) is 48.8 Å². The zero-order chi connectivity index (χ0) is 14.8. The van der Waals surface area contributed by atoms with Crippen LogP contribution in [-0.4, -0.2) is 18.0 Å². The summed E-state index contributed by atoms with van der Waals surface area (Å²) >= 11 is 0. The highest BCUT2D eigenvalue weighted by Gasteiger charge is 2.21. The van der Waals surface area contributed by atoms with Gasteiger partial charge in [-0.1, -0.05) is 32.9 Å². The first-order valence-electron chi connectivity index (χ1n) is 7.53. The van der Waals surface area contributed by atoms with Crippen LogP contribution in [-0.2, 0) is 5.41 Å². The Morgan fingerprint density at radius 2 is 1.62 bits per heavy atom. The van der Waals surface area contributed by atoms with Gasteiger partial charge in [-0.15, -0.1) is 12.4 Å². The monoisotopic (exact) mass is 310 g/mol. The minimum absolute atomic E-state index is 0. The summed E-state index contributed by atoms with van der Waals surface area (Å²) in [6.45, 7) is 6.52. The van der Waals surface area contributed by atoms with Crippen molar-refractivity contribution in [2.45, 2.75) is 64.0 Å². The first-order chi connectivity index (χ1) is 9.36. The van der Waals surface area contributed by atoms with Crippen LogP contribution < -0.4 is 11.1 Å². The first kappa shape index (κ1) is 18.0. The molecule has 0 unspecified atom stereocenters. The first-order valence-corrected chi connectivity index (χ1v) is 7.53. The molecule has 4 heteroatoms. The van der Waals surface area contributed by atoms with Crippen molar-refractivity contribution in [3.8, 4) is 0 Å². The summed E-state index contributed by atoms with van der Waals surface area (Å²) in [7, 11) is 0. The van der Waals surface area contributed by atoms with E-state index in [0.717, 1.165) is 31.2 Å². The van der Waals surface area contributed by atoms with E-state index < -0.39 is 0 Å². The van der Waals surface area contributed by atoms with E-state index >= 15 is 0 Å². The van der Waals surface area contributed by atoms with Crippen LogP contribution in [0.3, 0.4) is 0 Å². The van der Waals surface area contributed by atoms with E-state index in [2.05, 4.69) is 26.1 Å². The molecule has 0 spiro atoms. The quantitative estimate of drug-likeness (QED) is 0.879. The van der Waals surface area contributed by atoms with E-state index in [0.29, 0.717) is 6.04 Å². The molecule has 1 saturated carbocycles. The van der Waals surface area contributed by atoms with Crippen molar-refractivity contribution >= 4 is 18.3 Å². The molecule has 1 aromatic rings. The molecule has 0 saturated heterocycles. The second kappa shape index (κ2) is 7.28. The molecular weight excluding hydrogens is 284 g/mol. The summed E-state index contributed by atoms with van der Waals surface area (Å²) < 4.78 is 0. The molecular formula is C17H27ClN2O. The number of carbonyl (C=O) groups excluding carboxylic acids is 1. The van der Waals surface area contributed by atoms with Crippen molar-refractivity contribution in [2.75, 3.05) is 0 Å². The molecule has 118 valence electrons. The second-order valence-electron chi connectivity index (χ2n) is 6.91. The summed E-state index contributed by atoms with van der Waals surface area (Å²) in [4.78, 5) is 12.2. The van der Waals surface area contributed by atoms with E-state index in [-0.39, 0.29) is 29.8 Å². The number of hydrogen-bond donors (Lipinski definition) is 2. The standard InChI is InChI=1S/C17H26N2O.ClH/c1-17(2,3)13-6-4-12(5-7-13)16(20)19-15-10-8-14(18)9-11-15;/h4-7,14-15H,8-11,18H2,1-3H3,(H,19,20);1H. The van der Waals surface area contributed by atoms with E-state index in [1.54, 1.807) is 0 Å². The summed E-state index contributed by atoms with van der Waals surface area (Å²) in [6.07, 6.45) is 4.00. The van der Waals surface area contributed by atoms with Crippen LogP contribution in [0.15, 0.2) is 24.3 Å². The third-order valence-electron chi connectivity index (χ3n) is 4.12. The van der Waals surface area contributed by atoms with Gasteiger partial charge in [0.1, 0.15) is 0 Å². The molecule has 0 radical (unpaired) electrons. The number of amides is 1. The molecule has 0 heterocycles. The lowest BCUT2D eigenvalue weighted by molar-refractivity contribution is 0.0926. The molecule has 0 bridgehead atoms. The lowest BCUT2D eigenvalue weighted by atomic mass is 9.86. The smallest absolute Gasteiger partial charge is 0.251 e. The normalized spacial score (nSPS) is 22.3. The number of hydrogen-bond acceptors (Lipinski definition) is 2. The van der Waals surface area contributed by atoms with Gasteiger partial charge in [-0.25, -0.2) is 0 Å². The molecule has 0 atom stereocenters. The van der Waals surface area contributed by atoms with Gasteiger partial charge in [0.2, 0.25) is 0 Å². The molecule has 1 fully saturated rings. The third kappa shape index (κ3) is 5.01. The molecule has 1 aliphatic rings. The van der Waals surface area contributed by atoms with E-state index in [1.165, 1.54) is 5.56 Å². The lowest BCUT2D eigenvalue weighted by Gasteiger charge is -2.27. The maximum absolute atomic E-state index is 12.2. The number of nitrogens with one attached hydrogen (secondary N) is 1. The lowest BCUT2D eigenvalue weighted by Crippen LogP contribution is -2.40. The van der Waals surface area contributed by atoms with Crippen LogP contribution in [0.4, 0.5) is 0 Å². The highest BCUT2D eigenvalue weighted by atomic mass is 35.5. The Morgan fingerprint density at radius 3 is 2.10 bits per heavy atom. The Balaban J connectivity index is 0.00000220. The number of rotatable bonds is 2. The Morgan fingerprint density at radius 1 is 1.10 bits per heavy atom. The van der Waals surface area contributed by atoms with Gasteiger partial charge in [-0.3, -0.25) is 4.79 Å². The van der Waals surface area contributed by atoms with Crippen LogP contribution in [0, 0.1) is 0 Å². The van der Waals surface area contributed by atoms with Gasteiger partial charge < -0.3 is 11.1 Å². The van der Waals surface area contributed by atoms with Gasteiger partial charge in [0, 0.05) is 17.6 Å². The fourth-order valence-corrected chi connectivity index (χ4v) is 2.65. The summed E-state index contributed by atoms with van der Waals surface area (Å²) in [6, 6.07) is 8.53. The van der Waals surface area contributed by atoms with Crippen molar-refractivity contribution in [1.82, 2.24) is 5.32 Å². The average Bonchev–Trinajstić information content (AvgIpc) is 2.40. The van der Waals surface area contributed by atoms with E-state index in [9.17, 15) is 4.79 Å². The Labute approximate surface area is 134 Å². The summed E-state index contributed by atoms with van der Waals surface area (Å²) in [5.41, 5.74) is 7.99. The predicted molar refractivity (Wildman–Crippen MR) is 90.1 cm³/mol. The molecule has 1 aliphatic carbocycles. The van der Waals surface area contributed by atoms with Crippen molar-refractivity contribution in [1.29, 1.82) is 0 Å². The summed E-state index contributed by atoms with van der Waals surface area (Å²) in [5.74, 6) is 0.0333. The number of carbonyl (C=O) groups is 1. The predicted octanol–water partition coefficient (Wildman–Crippen LogP) is 3.41. The van der Waals surface area contributed by atoms with Crippen molar-refractivity contribution in [3.63, 3.8) is 0 Å². The number of benzene rings is 1. The fraction of sp³-hybridized carbons (Fsp3) is 0.588. The Hall–Kier alpha value is -1.06. The molecule has 3 N–H and O–H groups in total. The van der Waals surface area contributed by atoms with Crippen molar-refractivity contribution in [3.05, 3.63) is 35.4 Å². The highest BCUT2D eigenvalue weighted by molar-refractivity contribution is 5.94. The molecule has 1 amide bonds. The van der Waals surface area contributed by atoms with Crippen LogP contribution in [0.2, 0.25) is 0 Å². The average molecular weight is 311 g/mol. The largest absolute Gasteiger partial charge is 0.349 e. The van der Waals surface area contributed by atoms with Crippen molar-refractivity contribution < 1.29 is 4.79 Å². The maximum atomic E-state index is 12.2. The number of halogens is 1. The van der Waals surface area contributed by atoms with Gasteiger partial charge in [0.25, 0.3) is 5.91 Å². The Kier molecular flexibility index (Phi) is 6.24. The van der Waals surface area contributed by atoms with E-state index in [4.69, 9.17) is 5.73 Å². The van der Waals surface area contributed by atoms with Crippen LogP contribution >= 0.6 is 12.4 Å². The fourth-order valence-electron chi connectivity index (χ4n) is 2.65. The maximum Gasteiger partial charge on any atom is 0.251 e. The van der Waals surface area contributed by atoms with Gasteiger partial charge >= 0.3 is 0 Å². The third-order valence-corrected chi connectivity index (χ3v) is 4.12. The van der Waals surface area contributed by atoms with Crippen LogP contribution in [0.5, 0.6) is 0 Å². The zero-order valence-electron chi connectivity index (χ0n) is 13.2. The molecule has 3 nitrogen and oxygen atoms in total. The number of nitrogens with two attached hydrogens (primary N) is 1. The zero-order valence-corrected chi connectivity index (χ0v) is 14.0. The minimum Gasteiger partial charge on any atom is -0.349 e. The van der Waals surface area contributed by atoms with E-state index in [1.807, 2.05) is 24.3 Å². The molecule has 2 rings (SSSR count). The Bertz CT molecular complexity index is 457. The van der Waals surface area contributed by atoms with Gasteiger partial charge in [0.05, 0.1) is 0 Å². The van der Waals surface area contributed by atoms with Crippen molar-refractivity contribution in [2.24, 2.45) is 5.73 Å². The van der Waals surface area contributed by atoms with Crippen LogP contribution in [0.1, 0.15) is 62.4 Å². The van der Waals surface area contributed by atoms with Gasteiger partial charge in [0.15, 0.2) is 0 Å². The minimum atomic E-state index is 0. The SMILES string of the molecule is CC(C)(C)c1ccc(C(=O)NC2CCC(N)CC2)cc1.Cl. The molecule has 21 heavy (non-hydrogen) atoms. The summed E-state index contributed by atoms with van der Waals surface area (Å²) in [5, 5.41) is 3.12. The topological polar surface area (TPSA) is 55.1 Å². The highest BCUT2D eigenvalue weighted by Crippen LogP contribution is 2.22. The molecule has 0 aliphatic heterocycles.